The van der Waals surface area contributed by atoms with Gasteiger partial charge in [0, 0.05) is 45.0 Å². The van der Waals surface area contributed by atoms with Gasteiger partial charge in [-0.15, -0.1) is 10.2 Å². The normalized spacial score (nSPS) is 15.8. The van der Waals surface area contributed by atoms with Crippen molar-refractivity contribution in [1.29, 1.82) is 0 Å². The Morgan fingerprint density at radius 3 is 2.21 bits per heavy atom. The Kier molecular flexibility index (Phi) is 9.93. The molecule has 0 atom stereocenters. The first-order valence-electron chi connectivity index (χ1n) is 13.2. The topological polar surface area (TPSA) is 183 Å². The summed E-state index contributed by atoms with van der Waals surface area (Å²) in [6, 6.07) is 12.1. The second-order valence-electron chi connectivity index (χ2n) is 9.95. The lowest BCUT2D eigenvalue weighted by atomic mass is 9.95. The molecule has 0 aliphatic carbocycles. The number of hydrogen-bond acceptors (Lipinski definition) is 12. The highest BCUT2D eigenvalue weighted by Crippen LogP contribution is 2.36. The Balaban J connectivity index is 1.32. The molecule has 3 aromatic rings. The number of nitrogens with zero attached hydrogens (tertiary/aromatic N) is 5. The maximum Gasteiger partial charge on any atom is 0.265 e. The number of likely N-dealkylation sites (tertiary alicyclic amines) is 1. The lowest BCUT2D eigenvalue weighted by Crippen LogP contribution is -2.57. The molecule has 0 spiro atoms. The quantitative estimate of drug-likeness (QED) is 0.157. The van der Waals surface area contributed by atoms with Crippen molar-refractivity contribution in [2.45, 2.75) is 40.3 Å². The zero-order valence-electron chi connectivity index (χ0n) is 23.3. The van der Waals surface area contributed by atoms with Crippen molar-refractivity contribution in [2.24, 2.45) is 0 Å². The van der Waals surface area contributed by atoms with E-state index in [9.17, 15) is 26.8 Å². The van der Waals surface area contributed by atoms with Crippen molar-refractivity contribution >= 4 is 25.6 Å². The first-order valence-corrected chi connectivity index (χ1v) is 16.6. The summed E-state index contributed by atoms with van der Waals surface area (Å²) in [5.41, 5.74) is 2.20. The summed E-state index contributed by atoms with van der Waals surface area (Å²) in [5, 5.41) is 21.7. The molecule has 14 nitrogen and oxygen atoms in total. The molecule has 42 heavy (non-hydrogen) atoms. The van der Waals surface area contributed by atoms with E-state index in [1.165, 1.54) is 41.2 Å². The fourth-order valence-corrected chi connectivity index (χ4v) is 7.31. The van der Waals surface area contributed by atoms with Crippen LogP contribution < -0.4 is 10.2 Å². The highest BCUT2D eigenvalue weighted by molar-refractivity contribution is 7.93. The van der Waals surface area contributed by atoms with Gasteiger partial charge in [0.05, 0.1) is 29.5 Å². The Morgan fingerprint density at radius 1 is 0.976 bits per heavy atom. The van der Waals surface area contributed by atoms with Crippen molar-refractivity contribution in [3.05, 3.63) is 48.5 Å². The number of benzene rings is 2. The lowest BCUT2D eigenvalue weighted by molar-refractivity contribution is -0.133. The summed E-state index contributed by atoms with van der Waals surface area (Å²) in [5.74, 6) is -0.131. The van der Waals surface area contributed by atoms with Gasteiger partial charge in [-0.2, -0.15) is 4.80 Å². The van der Waals surface area contributed by atoms with Crippen molar-refractivity contribution < 1.29 is 36.3 Å². The number of aryl methyl sites for hydroxylation is 1. The second kappa shape index (κ2) is 13.2. The molecule has 0 saturated carbocycles. The Morgan fingerprint density at radius 2 is 1.62 bits per heavy atom. The highest BCUT2D eigenvalue weighted by atomic mass is 32.2. The number of ether oxygens (including phenoxy) is 2. The van der Waals surface area contributed by atoms with E-state index in [0.29, 0.717) is 63.0 Å². The number of sulfone groups is 2. The molecule has 228 valence electrons. The van der Waals surface area contributed by atoms with Crippen LogP contribution in [-0.4, -0.2) is 104 Å². The zero-order chi connectivity index (χ0) is 30.4. The molecule has 16 heteroatoms. The van der Waals surface area contributed by atoms with Gasteiger partial charge in [-0.25, -0.2) is 22.3 Å². The van der Waals surface area contributed by atoms with E-state index in [0.717, 1.165) is 6.26 Å². The van der Waals surface area contributed by atoms with Gasteiger partial charge in [0.1, 0.15) is 5.75 Å². The molecule has 2 aromatic carbocycles. The molecule has 0 radical (unpaired) electrons. The highest BCUT2D eigenvalue weighted by Gasteiger charge is 2.52. The predicted molar refractivity (Wildman–Crippen MR) is 150 cm³/mol. The second-order valence-corrected chi connectivity index (χ2v) is 14.2. The Labute approximate surface area is 244 Å². The van der Waals surface area contributed by atoms with Gasteiger partial charge in [-0.3, -0.25) is 10.0 Å². The van der Waals surface area contributed by atoms with Crippen LogP contribution in [0.2, 0.25) is 0 Å². The van der Waals surface area contributed by atoms with Gasteiger partial charge < -0.3 is 14.4 Å². The molecular formula is C26H34N6O8S2. The third-order valence-electron chi connectivity index (χ3n) is 7.20. The number of nitrogens with one attached hydrogen (secondary N) is 1. The van der Waals surface area contributed by atoms with Crippen LogP contribution in [0.5, 0.6) is 5.75 Å². The number of piperidine rings is 1. The number of methoxy groups -OCH3 is 1. The van der Waals surface area contributed by atoms with Gasteiger partial charge in [0.25, 0.3) is 5.91 Å². The van der Waals surface area contributed by atoms with E-state index < -0.39 is 30.3 Å². The number of aromatic nitrogens is 4. The average Bonchev–Trinajstić information content (AvgIpc) is 3.47. The third-order valence-corrected chi connectivity index (χ3v) is 10.8. The Bertz CT molecular complexity index is 1570. The average molecular weight is 623 g/mol. The predicted octanol–water partition coefficient (Wildman–Crippen LogP) is 0.973. The standard InChI is InChI=1S/C26H34N6O8S2/c1-39-19-17-31-15-12-26(13-16-31,25(33)29-34)42(37,38)23-10-6-21(7-11-23)40-18-3-14-32-28-24(27-30-32)20-4-8-22(9-5-20)41(2,35)36/h4-11,34H,3,12-19H2,1-2H3,(H,29,33). The fraction of sp³-hybridized carbons (Fsp3) is 0.462. The van der Waals surface area contributed by atoms with Crippen LogP contribution in [0.4, 0.5) is 0 Å². The van der Waals surface area contributed by atoms with Crippen LogP contribution in [0.15, 0.2) is 58.3 Å². The summed E-state index contributed by atoms with van der Waals surface area (Å²) < 4.78 is 59.5. The minimum atomic E-state index is -4.13. The van der Waals surface area contributed by atoms with Crippen LogP contribution in [0, 0.1) is 0 Å². The molecular weight excluding hydrogens is 588 g/mol. The van der Waals surface area contributed by atoms with E-state index in [1.807, 2.05) is 4.90 Å². The van der Waals surface area contributed by atoms with Gasteiger partial charge in [0.2, 0.25) is 5.82 Å². The third kappa shape index (κ3) is 6.95. The molecule has 2 N–H and O–H groups in total. The molecule has 1 saturated heterocycles. The minimum absolute atomic E-state index is 0.0345. The van der Waals surface area contributed by atoms with Crippen LogP contribution in [0.3, 0.4) is 0 Å². The summed E-state index contributed by atoms with van der Waals surface area (Å²) in [6.45, 7) is 2.55. The fourth-order valence-electron chi connectivity index (χ4n) is 4.72. The zero-order valence-corrected chi connectivity index (χ0v) is 25.0. The smallest absolute Gasteiger partial charge is 0.265 e. The molecule has 1 aliphatic heterocycles. The van der Waals surface area contributed by atoms with Crippen LogP contribution in [-0.2, 0) is 35.8 Å². The molecule has 0 bridgehead atoms. The number of hydroxylamine groups is 1. The van der Waals surface area contributed by atoms with Gasteiger partial charge >= 0.3 is 0 Å². The lowest BCUT2D eigenvalue weighted by Gasteiger charge is -2.39. The first kappa shape index (κ1) is 31.5. The van der Waals surface area contributed by atoms with Crippen LogP contribution >= 0.6 is 0 Å². The number of rotatable bonds is 13. The van der Waals surface area contributed by atoms with Gasteiger partial charge in [-0.05, 0) is 66.6 Å². The maximum absolute atomic E-state index is 13.6. The summed E-state index contributed by atoms with van der Waals surface area (Å²) in [7, 11) is -5.84. The van der Waals surface area contributed by atoms with E-state index in [-0.39, 0.29) is 22.6 Å². The van der Waals surface area contributed by atoms with E-state index >= 15 is 0 Å². The number of tetrazole rings is 1. The first-order chi connectivity index (χ1) is 20.0. The van der Waals surface area contributed by atoms with E-state index in [1.54, 1.807) is 24.7 Å². The van der Waals surface area contributed by atoms with Gasteiger partial charge in [0.15, 0.2) is 24.4 Å². The largest absolute Gasteiger partial charge is 0.494 e. The number of hydrogen-bond donors (Lipinski definition) is 2. The summed E-state index contributed by atoms with van der Waals surface area (Å²) in [6.07, 6.45) is 1.74. The monoisotopic (exact) mass is 622 g/mol. The molecule has 1 amide bonds. The molecule has 0 unspecified atom stereocenters. The van der Waals surface area contributed by atoms with Crippen LogP contribution in [0.1, 0.15) is 19.3 Å². The van der Waals surface area contributed by atoms with Crippen LogP contribution in [0.25, 0.3) is 11.4 Å². The molecule has 1 aromatic heterocycles. The van der Waals surface area contributed by atoms with Gasteiger partial charge in [-0.1, -0.05) is 0 Å². The maximum atomic E-state index is 13.6. The van der Waals surface area contributed by atoms with Crippen molar-refractivity contribution in [1.82, 2.24) is 30.6 Å². The molecule has 1 fully saturated rings. The molecule has 2 heterocycles. The molecule has 4 rings (SSSR count). The number of amides is 1. The van der Waals surface area contributed by atoms with Crippen molar-refractivity contribution in [2.75, 3.05) is 46.2 Å². The number of carbonyl (C=O) groups excluding carboxylic acids is 1. The van der Waals surface area contributed by atoms with E-state index in [4.69, 9.17) is 9.47 Å². The molecule has 1 aliphatic rings. The van der Waals surface area contributed by atoms with Crippen molar-refractivity contribution in [3.8, 4) is 17.1 Å². The van der Waals surface area contributed by atoms with Crippen molar-refractivity contribution in [3.63, 3.8) is 0 Å². The Hall–Kier alpha value is -3.44. The SMILES string of the molecule is COCCN1CCC(C(=O)NO)(S(=O)(=O)c2ccc(OCCCn3nnc(-c4ccc(S(C)(=O)=O)cc4)n3)cc2)CC1. The summed E-state index contributed by atoms with van der Waals surface area (Å²) >= 11 is 0. The summed E-state index contributed by atoms with van der Waals surface area (Å²) in [4.78, 5) is 16.3. The van der Waals surface area contributed by atoms with E-state index in [2.05, 4.69) is 15.4 Å². The number of carbonyl (C=O) groups is 1. The minimum Gasteiger partial charge on any atom is -0.494 e.